The zero-order chi connectivity index (χ0) is 15.2. The van der Waals surface area contributed by atoms with E-state index in [0.29, 0.717) is 42.6 Å². The standard InChI is InChI=1S/C13H17N5O3/c1-3-14-10-6-11(8-12(7-10)18(19)20)15-5-4-13-16-9(2)17-21-13/h6-8,14-15H,3-5H2,1-2H3. The first-order chi connectivity index (χ1) is 10.1. The second kappa shape index (κ2) is 6.69. The van der Waals surface area contributed by atoms with Crippen LogP contribution in [0, 0.1) is 17.0 Å². The zero-order valence-electron chi connectivity index (χ0n) is 11.9. The van der Waals surface area contributed by atoms with Gasteiger partial charge in [0.25, 0.3) is 5.69 Å². The number of nitrogens with one attached hydrogen (secondary N) is 2. The fourth-order valence-corrected chi connectivity index (χ4v) is 1.88. The molecule has 1 heterocycles. The van der Waals surface area contributed by atoms with Crippen LogP contribution in [0.15, 0.2) is 22.7 Å². The van der Waals surface area contributed by atoms with Crippen LogP contribution in [-0.2, 0) is 6.42 Å². The van der Waals surface area contributed by atoms with Gasteiger partial charge in [-0.05, 0) is 19.9 Å². The van der Waals surface area contributed by atoms with Crippen LogP contribution in [0.4, 0.5) is 17.1 Å². The summed E-state index contributed by atoms with van der Waals surface area (Å²) in [6.07, 6.45) is 0.556. The number of aromatic nitrogens is 2. The highest BCUT2D eigenvalue weighted by atomic mass is 16.6. The van der Waals surface area contributed by atoms with Crippen LogP contribution in [-0.4, -0.2) is 28.2 Å². The third kappa shape index (κ3) is 4.16. The van der Waals surface area contributed by atoms with Gasteiger partial charge in [-0.2, -0.15) is 4.98 Å². The molecular formula is C13H17N5O3. The minimum absolute atomic E-state index is 0.0459. The Morgan fingerprint density at radius 1 is 1.29 bits per heavy atom. The van der Waals surface area contributed by atoms with Crippen molar-refractivity contribution >= 4 is 17.1 Å². The Kier molecular flexibility index (Phi) is 4.70. The summed E-state index contributed by atoms with van der Waals surface area (Å²) < 4.78 is 5.00. The molecule has 0 unspecified atom stereocenters. The second-order valence-corrected chi connectivity index (χ2v) is 4.47. The summed E-state index contributed by atoms with van der Waals surface area (Å²) in [5.41, 5.74) is 1.43. The lowest BCUT2D eigenvalue weighted by Crippen LogP contribution is -2.06. The summed E-state index contributed by atoms with van der Waals surface area (Å²) in [4.78, 5) is 14.6. The maximum absolute atomic E-state index is 10.9. The molecule has 0 amide bonds. The van der Waals surface area contributed by atoms with E-state index < -0.39 is 4.92 Å². The van der Waals surface area contributed by atoms with E-state index in [9.17, 15) is 10.1 Å². The Hall–Kier alpha value is -2.64. The Balaban J connectivity index is 2.02. The monoisotopic (exact) mass is 291 g/mol. The summed E-state index contributed by atoms with van der Waals surface area (Å²) in [5.74, 6) is 1.13. The molecule has 0 aliphatic rings. The number of hydrogen-bond acceptors (Lipinski definition) is 7. The number of nitrogens with zero attached hydrogens (tertiary/aromatic N) is 3. The lowest BCUT2D eigenvalue weighted by molar-refractivity contribution is -0.384. The highest BCUT2D eigenvalue weighted by Crippen LogP contribution is 2.24. The van der Waals surface area contributed by atoms with Crippen molar-refractivity contribution in [3.8, 4) is 0 Å². The van der Waals surface area contributed by atoms with Crippen LogP contribution < -0.4 is 10.6 Å². The fourth-order valence-electron chi connectivity index (χ4n) is 1.88. The highest BCUT2D eigenvalue weighted by Gasteiger charge is 2.10. The number of non-ortho nitro benzene ring substituents is 1. The topological polar surface area (TPSA) is 106 Å². The molecule has 1 aromatic heterocycles. The Morgan fingerprint density at radius 3 is 2.57 bits per heavy atom. The molecule has 2 aromatic rings. The molecule has 0 spiro atoms. The van der Waals surface area contributed by atoms with Gasteiger partial charge in [0.05, 0.1) is 4.92 Å². The first-order valence-corrected chi connectivity index (χ1v) is 6.65. The highest BCUT2D eigenvalue weighted by molar-refractivity contribution is 5.63. The largest absolute Gasteiger partial charge is 0.385 e. The molecular weight excluding hydrogens is 274 g/mol. The molecule has 112 valence electrons. The average molecular weight is 291 g/mol. The van der Waals surface area contributed by atoms with Crippen molar-refractivity contribution in [3.63, 3.8) is 0 Å². The fraction of sp³-hybridized carbons (Fsp3) is 0.385. The van der Waals surface area contributed by atoms with Crippen LogP contribution in [0.25, 0.3) is 0 Å². The third-order valence-electron chi connectivity index (χ3n) is 2.75. The number of nitro benzene ring substituents is 1. The molecule has 2 rings (SSSR count). The maximum Gasteiger partial charge on any atom is 0.273 e. The van der Waals surface area contributed by atoms with E-state index in [2.05, 4.69) is 20.8 Å². The van der Waals surface area contributed by atoms with Gasteiger partial charge >= 0.3 is 0 Å². The van der Waals surface area contributed by atoms with E-state index in [0.717, 1.165) is 0 Å². The quantitative estimate of drug-likeness (QED) is 0.595. The second-order valence-electron chi connectivity index (χ2n) is 4.47. The molecule has 0 atom stereocenters. The summed E-state index contributed by atoms with van der Waals surface area (Å²) in [7, 11) is 0. The Bertz CT molecular complexity index is 626. The molecule has 2 N–H and O–H groups in total. The van der Waals surface area contributed by atoms with Crippen molar-refractivity contribution in [2.24, 2.45) is 0 Å². The SMILES string of the molecule is CCNc1cc(NCCc2nc(C)no2)cc([N+](=O)[O-])c1. The normalized spacial score (nSPS) is 10.4. The number of benzene rings is 1. The molecule has 0 bridgehead atoms. The minimum atomic E-state index is -0.409. The lowest BCUT2D eigenvalue weighted by Gasteiger charge is -2.08. The van der Waals surface area contributed by atoms with Crippen LogP contribution in [0.1, 0.15) is 18.6 Å². The van der Waals surface area contributed by atoms with Crippen molar-refractivity contribution < 1.29 is 9.45 Å². The molecule has 0 aliphatic heterocycles. The third-order valence-corrected chi connectivity index (χ3v) is 2.75. The van der Waals surface area contributed by atoms with Gasteiger partial charge in [0.2, 0.25) is 5.89 Å². The molecule has 0 aliphatic carbocycles. The molecule has 8 heteroatoms. The molecule has 0 saturated heterocycles. The first-order valence-electron chi connectivity index (χ1n) is 6.65. The van der Waals surface area contributed by atoms with E-state index in [4.69, 9.17) is 4.52 Å². The summed E-state index contributed by atoms with van der Waals surface area (Å²) >= 11 is 0. The Morgan fingerprint density at radius 2 is 2.00 bits per heavy atom. The zero-order valence-corrected chi connectivity index (χ0v) is 11.9. The molecule has 0 radical (unpaired) electrons. The van der Waals surface area contributed by atoms with E-state index in [1.165, 1.54) is 12.1 Å². The van der Waals surface area contributed by atoms with E-state index in [-0.39, 0.29) is 5.69 Å². The molecule has 8 nitrogen and oxygen atoms in total. The number of rotatable bonds is 7. The number of aryl methyl sites for hydroxylation is 1. The van der Waals surface area contributed by atoms with Crippen LogP contribution in [0.3, 0.4) is 0 Å². The van der Waals surface area contributed by atoms with Crippen LogP contribution in [0.2, 0.25) is 0 Å². The van der Waals surface area contributed by atoms with Crippen LogP contribution in [0.5, 0.6) is 0 Å². The van der Waals surface area contributed by atoms with Crippen molar-refractivity contribution in [1.29, 1.82) is 0 Å². The van der Waals surface area contributed by atoms with Gasteiger partial charge < -0.3 is 15.2 Å². The van der Waals surface area contributed by atoms with Gasteiger partial charge in [0.1, 0.15) is 0 Å². The molecule has 1 aromatic carbocycles. The van der Waals surface area contributed by atoms with Gasteiger partial charge in [0.15, 0.2) is 5.82 Å². The lowest BCUT2D eigenvalue weighted by atomic mass is 10.2. The summed E-state index contributed by atoms with van der Waals surface area (Å²) in [5, 5.41) is 20.8. The molecule has 0 saturated carbocycles. The average Bonchev–Trinajstić information content (AvgIpc) is 2.84. The first kappa shape index (κ1) is 14.8. The molecule has 21 heavy (non-hydrogen) atoms. The number of nitro groups is 1. The number of anilines is 2. The predicted octanol–water partition coefficient (Wildman–Crippen LogP) is 2.37. The van der Waals surface area contributed by atoms with Crippen molar-refractivity contribution in [2.45, 2.75) is 20.3 Å². The van der Waals surface area contributed by atoms with Gasteiger partial charge in [-0.25, -0.2) is 0 Å². The van der Waals surface area contributed by atoms with E-state index in [1.807, 2.05) is 13.0 Å². The Labute approximate surface area is 121 Å². The van der Waals surface area contributed by atoms with Crippen molar-refractivity contribution in [3.05, 3.63) is 40.0 Å². The van der Waals surface area contributed by atoms with Crippen molar-refractivity contribution in [2.75, 3.05) is 23.7 Å². The van der Waals surface area contributed by atoms with Gasteiger partial charge in [-0.15, -0.1) is 0 Å². The van der Waals surface area contributed by atoms with Crippen molar-refractivity contribution in [1.82, 2.24) is 10.1 Å². The summed E-state index contributed by atoms with van der Waals surface area (Å²) in [6, 6.07) is 4.84. The van der Waals surface area contributed by atoms with Gasteiger partial charge in [-0.3, -0.25) is 10.1 Å². The molecule has 0 fully saturated rings. The predicted molar refractivity (Wildman–Crippen MR) is 78.5 cm³/mol. The maximum atomic E-state index is 10.9. The van der Waals surface area contributed by atoms with E-state index >= 15 is 0 Å². The van der Waals surface area contributed by atoms with E-state index in [1.54, 1.807) is 6.92 Å². The van der Waals surface area contributed by atoms with Crippen LogP contribution >= 0.6 is 0 Å². The van der Waals surface area contributed by atoms with Gasteiger partial charge in [0, 0.05) is 43.0 Å². The minimum Gasteiger partial charge on any atom is -0.385 e. The number of hydrogen-bond donors (Lipinski definition) is 2. The summed E-state index contributed by atoms with van der Waals surface area (Å²) in [6.45, 7) is 4.93. The van der Waals surface area contributed by atoms with Gasteiger partial charge in [-0.1, -0.05) is 5.16 Å². The smallest absolute Gasteiger partial charge is 0.273 e.